The molecule has 0 atom stereocenters. The highest BCUT2D eigenvalue weighted by molar-refractivity contribution is 6.30. The largest absolute Gasteiger partial charge is 0.307 e. The van der Waals surface area contributed by atoms with Crippen LogP contribution in [0.4, 0.5) is 5.82 Å². The average Bonchev–Trinajstić information content (AvgIpc) is 3.42. The molecule has 8 heteroatoms. The lowest BCUT2D eigenvalue weighted by atomic mass is 10.2. The second-order valence-electron chi connectivity index (χ2n) is 7.38. The van der Waals surface area contributed by atoms with E-state index in [0.717, 1.165) is 22.2 Å². The normalized spacial score (nSPS) is 11.0. The fraction of sp³-hybridized carbons (Fsp3) is 0.0833. The summed E-state index contributed by atoms with van der Waals surface area (Å²) in [6.45, 7) is 1.14. The fourth-order valence-electron chi connectivity index (χ4n) is 3.48. The Hall–Kier alpha value is -3.97. The summed E-state index contributed by atoms with van der Waals surface area (Å²) in [4.78, 5) is 17.4. The maximum absolute atomic E-state index is 12.9. The summed E-state index contributed by atoms with van der Waals surface area (Å²) in [7, 11) is 0. The second-order valence-corrected chi connectivity index (χ2v) is 7.82. The summed E-state index contributed by atoms with van der Waals surface area (Å²) in [5.41, 5.74) is 3.35. The van der Waals surface area contributed by atoms with Crippen LogP contribution < -0.4 is 5.32 Å². The van der Waals surface area contributed by atoms with Gasteiger partial charge in [-0.2, -0.15) is 10.2 Å². The van der Waals surface area contributed by atoms with Gasteiger partial charge in [-0.15, -0.1) is 0 Å². The Bertz CT molecular complexity index is 1370. The highest BCUT2D eigenvalue weighted by Crippen LogP contribution is 2.17. The highest BCUT2D eigenvalue weighted by atomic mass is 35.5. The number of hydrogen-bond donors (Lipinski definition) is 1. The number of pyridine rings is 1. The number of hydrogen-bond acceptors (Lipinski definition) is 4. The third kappa shape index (κ3) is 4.24. The molecule has 0 unspecified atom stereocenters. The van der Waals surface area contributed by atoms with E-state index in [2.05, 4.69) is 20.5 Å². The van der Waals surface area contributed by atoms with Crippen LogP contribution >= 0.6 is 11.6 Å². The van der Waals surface area contributed by atoms with Crippen molar-refractivity contribution in [3.05, 3.63) is 107 Å². The first kappa shape index (κ1) is 20.0. The van der Waals surface area contributed by atoms with E-state index in [-0.39, 0.29) is 5.91 Å². The van der Waals surface area contributed by atoms with Gasteiger partial charge in [-0.3, -0.25) is 4.79 Å². The number of fused-ring (bicyclic) bond motifs is 1. The lowest BCUT2D eigenvalue weighted by Gasteiger charge is -2.09. The molecular weight excluding hydrogens is 424 g/mol. The number of anilines is 1. The van der Waals surface area contributed by atoms with Gasteiger partial charge in [0.05, 0.1) is 31.0 Å². The molecule has 32 heavy (non-hydrogen) atoms. The second kappa shape index (κ2) is 8.64. The Balaban J connectivity index is 1.32. The summed E-state index contributed by atoms with van der Waals surface area (Å²) in [6, 6.07) is 21.1. The molecule has 7 nitrogen and oxygen atoms in total. The lowest BCUT2D eigenvalue weighted by molar-refractivity contribution is 0.102. The molecule has 1 amide bonds. The van der Waals surface area contributed by atoms with Crippen molar-refractivity contribution in [1.82, 2.24) is 24.5 Å². The van der Waals surface area contributed by atoms with Gasteiger partial charge in [0, 0.05) is 22.7 Å². The summed E-state index contributed by atoms with van der Waals surface area (Å²) >= 11 is 5.95. The van der Waals surface area contributed by atoms with Crippen LogP contribution in [0.15, 0.2) is 85.3 Å². The quantitative estimate of drug-likeness (QED) is 0.416. The van der Waals surface area contributed by atoms with E-state index in [1.54, 1.807) is 35.4 Å². The molecule has 158 valence electrons. The van der Waals surface area contributed by atoms with Crippen LogP contribution in [-0.4, -0.2) is 30.5 Å². The molecule has 5 aromatic rings. The zero-order chi connectivity index (χ0) is 21.9. The van der Waals surface area contributed by atoms with E-state index in [1.165, 1.54) is 0 Å². The Labute approximate surface area is 189 Å². The third-order valence-corrected chi connectivity index (χ3v) is 5.37. The van der Waals surface area contributed by atoms with Gasteiger partial charge in [0.1, 0.15) is 5.82 Å². The number of halogens is 1. The monoisotopic (exact) mass is 442 g/mol. The van der Waals surface area contributed by atoms with E-state index in [9.17, 15) is 4.79 Å². The minimum absolute atomic E-state index is 0.256. The Morgan fingerprint density at radius 3 is 2.44 bits per heavy atom. The van der Waals surface area contributed by atoms with Crippen molar-refractivity contribution in [3.63, 3.8) is 0 Å². The topological polar surface area (TPSA) is 77.6 Å². The number of aromatic nitrogens is 5. The van der Waals surface area contributed by atoms with Gasteiger partial charge >= 0.3 is 0 Å². The molecule has 0 saturated heterocycles. The van der Waals surface area contributed by atoms with E-state index in [0.29, 0.717) is 29.5 Å². The predicted octanol–water partition coefficient (Wildman–Crippen LogP) is 4.63. The van der Waals surface area contributed by atoms with E-state index >= 15 is 0 Å². The van der Waals surface area contributed by atoms with Gasteiger partial charge in [0.15, 0.2) is 5.65 Å². The van der Waals surface area contributed by atoms with Gasteiger partial charge in [-0.1, -0.05) is 54.1 Å². The maximum Gasteiger partial charge on any atom is 0.258 e. The third-order valence-electron chi connectivity index (χ3n) is 5.12. The van der Waals surface area contributed by atoms with Crippen LogP contribution in [0.25, 0.3) is 11.0 Å². The van der Waals surface area contributed by atoms with Crippen molar-refractivity contribution in [2.45, 2.75) is 13.1 Å². The van der Waals surface area contributed by atoms with Gasteiger partial charge in [0.25, 0.3) is 5.91 Å². The molecule has 2 aromatic carbocycles. The summed E-state index contributed by atoms with van der Waals surface area (Å²) < 4.78 is 3.55. The fourth-order valence-corrected chi connectivity index (χ4v) is 3.61. The van der Waals surface area contributed by atoms with Crippen molar-refractivity contribution in [3.8, 4) is 0 Å². The van der Waals surface area contributed by atoms with Crippen molar-refractivity contribution >= 4 is 34.4 Å². The summed E-state index contributed by atoms with van der Waals surface area (Å²) in [5.74, 6) is 0.345. The first-order chi connectivity index (χ1) is 15.7. The Morgan fingerprint density at radius 1 is 0.875 bits per heavy atom. The summed E-state index contributed by atoms with van der Waals surface area (Å²) in [6.07, 6.45) is 4.95. The standard InChI is InChI=1S/C24H19ClN6O/c25-21-8-6-18(7-9-21)15-30-22(10-11-27-30)29-24(32)20-12-19-14-28-31(23(19)26-13-20)16-17-4-2-1-3-5-17/h1-14H,15-16H2,(H,29,32). The van der Waals surface area contributed by atoms with Gasteiger partial charge in [-0.25, -0.2) is 14.3 Å². The number of nitrogens with zero attached hydrogens (tertiary/aromatic N) is 5. The van der Waals surface area contributed by atoms with Crippen LogP contribution in [0.3, 0.4) is 0 Å². The average molecular weight is 443 g/mol. The SMILES string of the molecule is O=C(Nc1ccnn1Cc1ccc(Cl)cc1)c1cnc2c(cnn2Cc2ccccc2)c1. The Kier molecular flexibility index (Phi) is 5.39. The molecule has 0 radical (unpaired) electrons. The number of carbonyl (C=O) groups is 1. The molecule has 0 aliphatic rings. The molecule has 0 saturated carbocycles. The molecule has 0 fully saturated rings. The number of carbonyl (C=O) groups excluding carboxylic acids is 1. The zero-order valence-corrected chi connectivity index (χ0v) is 17.8. The zero-order valence-electron chi connectivity index (χ0n) is 17.0. The molecule has 5 rings (SSSR count). The van der Waals surface area contributed by atoms with E-state index in [1.807, 2.05) is 59.3 Å². The van der Waals surface area contributed by atoms with Gasteiger partial charge in [-0.05, 0) is 29.3 Å². The molecule has 0 spiro atoms. The van der Waals surface area contributed by atoms with Crippen molar-refractivity contribution in [1.29, 1.82) is 0 Å². The van der Waals surface area contributed by atoms with Crippen LogP contribution in [0.2, 0.25) is 5.02 Å². The number of rotatable bonds is 6. The Morgan fingerprint density at radius 2 is 1.62 bits per heavy atom. The highest BCUT2D eigenvalue weighted by Gasteiger charge is 2.13. The molecule has 0 aliphatic heterocycles. The first-order valence-corrected chi connectivity index (χ1v) is 10.5. The molecule has 0 aliphatic carbocycles. The van der Waals surface area contributed by atoms with Crippen molar-refractivity contribution in [2.24, 2.45) is 0 Å². The number of amides is 1. The predicted molar refractivity (Wildman–Crippen MR) is 124 cm³/mol. The van der Waals surface area contributed by atoms with Crippen LogP contribution in [0, 0.1) is 0 Å². The minimum Gasteiger partial charge on any atom is -0.307 e. The van der Waals surface area contributed by atoms with Crippen LogP contribution in [-0.2, 0) is 13.1 Å². The smallest absolute Gasteiger partial charge is 0.258 e. The number of benzene rings is 2. The van der Waals surface area contributed by atoms with Crippen LogP contribution in [0.5, 0.6) is 0 Å². The minimum atomic E-state index is -0.256. The molecule has 3 heterocycles. The molecular formula is C24H19ClN6O. The first-order valence-electron chi connectivity index (χ1n) is 10.1. The lowest BCUT2D eigenvalue weighted by Crippen LogP contribution is -2.16. The molecule has 1 N–H and O–H groups in total. The van der Waals surface area contributed by atoms with E-state index < -0.39 is 0 Å². The van der Waals surface area contributed by atoms with Gasteiger partial charge in [0.2, 0.25) is 0 Å². The summed E-state index contributed by atoms with van der Waals surface area (Å²) in [5, 5.41) is 13.2. The van der Waals surface area contributed by atoms with Crippen molar-refractivity contribution < 1.29 is 4.79 Å². The van der Waals surface area contributed by atoms with Crippen molar-refractivity contribution in [2.75, 3.05) is 5.32 Å². The maximum atomic E-state index is 12.9. The van der Waals surface area contributed by atoms with Gasteiger partial charge < -0.3 is 5.32 Å². The molecule has 0 bridgehead atoms. The van der Waals surface area contributed by atoms with E-state index in [4.69, 9.17) is 11.6 Å². The van der Waals surface area contributed by atoms with Crippen LogP contribution in [0.1, 0.15) is 21.5 Å². The number of nitrogens with one attached hydrogen (secondary N) is 1. The molecule has 3 aromatic heterocycles.